The molecule has 16 heavy (non-hydrogen) atoms. The molecule has 4 nitrogen and oxygen atoms in total. The van der Waals surface area contributed by atoms with E-state index in [0.29, 0.717) is 5.57 Å². The molecule has 0 atom stereocenters. The van der Waals surface area contributed by atoms with Crippen LogP contribution in [0.1, 0.15) is 34.6 Å². The van der Waals surface area contributed by atoms with Crippen molar-refractivity contribution >= 4 is 13.1 Å². The molecule has 0 unspecified atom stereocenters. The number of hydrogen-bond acceptors (Lipinski definition) is 4. The summed E-state index contributed by atoms with van der Waals surface area (Å²) in [5.74, 6) is 1.28. The standard InChI is InChI=1S/C11H19BO4/c1-8(9(13)14-6)7-12-15-10(2,3)11(4,5)16-12/h7H,1-6H3/b8-7+. The molecular weight excluding hydrogens is 207 g/mol. The summed E-state index contributed by atoms with van der Waals surface area (Å²) in [6.45, 7) is 9.54. The second-order valence-corrected chi connectivity index (χ2v) is 4.97. The number of methoxy groups -OCH3 is 1. The van der Waals surface area contributed by atoms with Crippen LogP contribution in [0.25, 0.3) is 0 Å². The van der Waals surface area contributed by atoms with Crippen LogP contribution in [-0.4, -0.2) is 31.4 Å². The van der Waals surface area contributed by atoms with Crippen LogP contribution in [0.2, 0.25) is 0 Å². The van der Waals surface area contributed by atoms with E-state index in [1.54, 1.807) is 12.9 Å². The second kappa shape index (κ2) is 4.22. The van der Waals surface area contributed by atoms with Crippen LogP contribution in [0.3, 0.4) is 0 Å². The van der Waals surface area contributed by atoms with Crippen molar-refractivity contribution in [2.45, 2.75) is 45.8 Å². The fourth-order valence-corrected chi connectivity index (χ4v) is 1.39. The molecule has 0 saturated carbocycles. The Morgan fingerprint density at radius 3 is 2.00 bits per heavy atom. The Morgan fingerprint density at radius 1 is 1.19 bits per heavy atom. The van der Waals surface area contributed by atoms with Gasteiger partial charge in [0.25, 0.3) is 0 Å². The molecule has 0 spiro atoms. The lowest BCUT2D eigenvalue weighted by atomic mass is 9.87. The average Bonchev–Trinajstić information content (AvgIpc) is 2.33. The molecule has 1 heterocycles. The zero-order valence-electron chi connectivity index (χ0n) is 10.8. The molecule has 0 radical (unpaired) electrons. The van der Waals surface area contributed by atoms with Crippen LogP contribution < -0.4 is 0 Å². The fourth-order valence-electron chi connectivity index (χ4n) is 1.39. The Labute approximate surface area is 97.1 Å². The predicted octanol–water partition coefficient (Wildman–Crippen LogP) is 1.74. The zero-order valence-corrected chi connectivity index (χ0v) is 10.8. The first kappa shape index (κ1) is 13.3. The Morgan fingerprint density at radius 2 is 1.62 bits per heavy atom. The van der Waals surface area contributed by atoms with Gasteiger partial charge < -0.3 is 14.0 Å². The van der Waals surface area contributed by atoms with Crippen LogP contribution in [0.4, 0.5) is 0 Å². The molecule has 1 rings (SSSR count). The van der Waals surface area contributed by atoms with E-state index in [1.807, 2.05) is 27.7 Å². The van der Waals surface area contributed by atoms with Crippen LogP contribution in [-0.2, 0) is 18.8 Å². The Balaban J connectivity index is 2.78. The van der Waals surface area contributed by atoms with E-state index in [9.17, 15) is 4.79 Å². The quantitative estimate of drug-likeness (QED) is 0.408. The maximum absolute atomic E-state index is 11.2. The molecule has 1 fully saturated rings. The highest BCUT2D eigenvalue weighted by atomic mass is 16.7. The number of carbonyl (C=O) groups is 1. The Hall–Kier alpha value is -0.805. The van der Waals surface area contributed by atoms with Gasteiger partial charge in [-0.3, -0.25) is 0 Å². The van der Waals surface area contributed by atoms with Crippen LogP contribution in [0.15, 0.2) is 11.5 Å². The van der Waals surface area contributed by atoms with Gasteiger partial charge in [0.05, 0.1) is 18.3 Å². The molecule has 1 aliphatic heterocycles. The van der Waals surface area contributed by atoms with Crippen molar-refractivity contribution in [3.8, 4) is 0 Å². The molecular formula is C11H19BO4. The third-order valence-electron chi connectivity index (χ3n) is 3.16. The van der Waals surface area contributed by atoms with Gasteiger partial charge >= 0.3 is 13.1 Å². The van der Waals surface area contributed by atoms with Crippen molar-refractivity contribution < 1.29 is 18.8 Å². The van der Waals surface area contributed by atoms with Gasteiger partial charge in [0.15, 0.2) is 0 Å². The lowest BCUT2D eigenvalue weighted by Crippen LogP contribution is -2.41. The molecule has 90 valence electrons. The summed E-state index contributed by atoms with van der Waals surface area (Å²) in [5.41, 5.74) is -0.282. The highest BCUT2D eigenvalue weighted by Crippen LogP contribution is 2.37. The molecule has 0 bridgehead atoms. The summed E-state index contributed by atoms with van der Waals surface area (Å²) in [7, 11) is 0.855. The molecule has 0 N–H and O–H groups in total. The van der Waals surface area contributed by atoms with Gasteiger partial charge in [-0.25, -0.2) is 4.79 Å². The monoisotopic (exact) mass is 226 g/mol. The Kier molecular flexibility index (Phi) is 3.50. The summed E-state index contributed by atoms with van der Waals surface area (Å²) in [6, 6.07) is 0. The molecule has 1 aliphatic rings. The maximum Gasteiger partial charge on any atom is 0.487 e. The van der Waals surface area contributed by atoms with E-state index in [1.165, 1.54) is 7.11 Å². The van der Waals surface area contributed by atoms with E-state index in [0.717, 1.165) is 0 Å². The second-order valence-electron chi connectivity index (χ2n) is 4.97. The number of carbonyl (C=O) groups excluding carboxylic acids is 1. The van der Waals surface area contributed by atoms with E-state index < -0.39 is 7.12 Å². The van der Waals surface area contributed by atoms with Gasteiger partial charge in [0, 0.05) is 5.57 Å². The van der Waals surface area contributed by atoms with Crippen molar-refractivity contribution in [1.29, 1.82) is 0 Å². The van der Waals surface area contributed by atoms with Crippen molar-refractivity contribution in [1.82, 2.24) is 0 Å². The molecule has 1 saturated heterocycles. The van der Waals surface area contributed by atoms with Gasteiger partial charge in [-0.05, 0) is 40.6 Å². The minimum Gasteiger partial charge on any atom is -0.466 e. The minimum absolute atomic E-state index is 0.366. The topological polar surface area (TPSA) is 44.8 Å². The molecule has 0 aromatic carbocycles. The van der Waals surface area contributed by atoms with Gasteiger partial charge in [-0.2, -0.15) is 0 Å². The summed E-state index contributed by atoms with van der Waals surface area (Å²) in [6.07, 6.45) is 0. The summed E-state index contributed by atoms with van der Waals surface area (Å²) < 4.78 is 16.1. The predicted molar refractivity (Wildman–Crippen MR) is 61.9 cm³/mol. The maximum atomic E-state index is 11.2. The van der Waals surface area contributed by atoms with Gasteiger partial charge in [-0.15, -0.1) is 0 Å². The lowest BCUT2D eigenvalue weighted by molar-refractivity contribution is -0.136. The number of hydrogen-bond donors (Lipinski definition) is 0. The first-order valence-electron chi connectivity index (χ1n) is 5.32. The highest BCUT2D eigenvalue weighted by molar-refractivity contribution is 6.52. The van der Waals surface area contributed by atoms with Crippen LogP contribution in [0.5, 0.6) is 0 Å². The SMILES string of the molecule is COC(=O)/C(C)=C/B1OC(C)(C)C(C)(C)O1. The van der Waals surface area contributed by atoms with Gasteiger partial charge in [-0.1, -0.05) is 0 Å². The van der Waals surface area contributed by atoms with Crippen LogP contribution >= 0.6 is 0 Å². The number of ether oxygens (including phenoxy) is 1. The highest BCUT2D eigenvalue weighted by Gasteiger charge is 2.50. The molecule has 0 aromatic rings. The first-order valence-corrected chi connectivity index (χ1v) is 5.32. The van der Waals surface area contributed by atoms with E-state index in [4.69, 9.17) is 9.31 Å². The fraction of sp³-hybridized carbons (Fsp3) is 0.727. The smallest absolute Gasteiger partial charge is 0.466 e. The summed E-state index contributed by atoms with van der Waals surface area (Å²) >= 11 is 0. The first-order chi connectivity index (χ1) is 7.19. The van der Waals surface area contributed by atoms with Gasteiger partial charge in [0.2, 0.25) is 0 Å². The van der Waals surface area contributed by atoms with Gasteiger partial charge in [0.1, 0.15) is 0 Å². The zero-order chi connectivity index (χ0) is 12.6. The van der Waals surface area contributed by atoms with Crippen molar-refractivity contribution in [2.75, 3.05) is 7.11 Å². The van der Waals surface area contributed by atoms with Crippen molar-refractivity contribution in [3.63, 3.8) is 0 Å². The average molecular weight is 226 g/mol. The minimum atomic E-state index is -0.496. The summed E-state index contributed by atoms with van der Waals surface area (Å²) in [4.78, 5) is 11.2. The molecule has 0 aromatic heterocycles. The van der Waals surface area contributed by atoms with E-state index in [-0.39, 0.29) is 17.2 Å². The largest absolute Gasteiger partial charge is 0.487 e. The number of rotatable bonds is 2. The number of esters is 1. The van der Waals surface area contributed by atoms with E-state index in [2.05, 4.69) is 4.74 Å². The molecule has 0 aliphatic carbocycles. The third-order valence-corrected chi connectivity index (χ3v) is 3.16. The normalized spacial score (nSPS) is 23.4. The lowest BCUT2D eigenvalue weighted by Gasteiger charge is -2.32. The van der Waals surface area contributed by atoms with Crippen molar-refractivity contribution in [3.05, 3.63) is 11.5 Å². The summed E-state index contributed by atoms with van der Waals surface area (Å²) in [5, 5.41) is 0. The third kappa shape index (κ3) is 2.47. The Bertz CT molecular complexity index is 304. The molecule has 5 heteroatoms. The molecule has 0 amide bonds. The van der Waals surface area contributed by atoms with E-state index >= 15 is 0 Å². The van der Waals surface area contributed by atoms with Crippen molar-refractivity contribution in [2.24, 2.45) is 0 Å². The van der Waals surface area contributed by atoms with Crippen LogP contribution in [0, 0.1) is 0 Å².